The van der Waals surface area contributed by atoms with Gasteiger partial charge in [-0.2, -0.15) is 0 Å². The topological polar surface area (TPSA) is 108 Å². The fraction of sp³-hybridized carbons (Fsp3) is 0.621. The van der Waals surface area contributed by atoms with Crippen LogP contribution in [0.15, 0.2) is 41.5 Å². The minimum Gasteiger partial charge on any atom is -0.458 e. The Labute approximate surface area is 319 Å². The first-order chi connectivity index (χ1) is 23.3. The molecule has 278 valence electrons. The van der Waals surface area contributed by atoms with Crippen LogP contribution in [0, 0.1) is 22.7 Å². The van der Waals surface area contributed by atoms with Gasteiger partial charge in [-0.15, -0.1) is 53.6 Å². The number of hydrogen-bond acceptors (Lipinski definition) is 8. The average molecular weight is 928 g/mol. The second-order valence-electron chi connectivity index (χ2n) is 14.0. The maximum Gasteiger partial charge on any atom is 0.338 e. The molecule has 1 N–H and O–H groups in total. The zero-order chi connectivity index (χ0) is 37.1. The second kappa shape index (κ2) is 17.5. The van der Waals surface area contributed by atoms with E-state index >= 15 is 0 Å². The van der Waals surface area contributed by atoms with Crippen molar-refractivity contribution in [3.8, 4) is 0 Å². The minimum absolute atomic E-state index is 0.0578. The lowest BCUT2D eigenvalue weighted by molar-refractivity contribution is -0.334. The summed E-state index contributed by atoms with van der Waals surface area (Å²) >= 11 is 0. The molecule has 0 radical (unpaired) electrons. The maximum atomic E-state index is 14.9. The van der Waals surface area contributed by atoms with Crippen molar-refractivity contribution in [3.63, 3.8) is 0 Å². The molecule has 2 saturated carbocycles. The second-order valence-corrected chi connectivity index (χ2v) is 62.8. The van der Waals surface area contributed by atoms with Crippen LogP contribution in [0.2, 0.25) is 0 Å². The number of carbonyl (C=O) groups is 3. The normalized spacial score (nSPS) is 34.8. The molecule has 0 amide bonds. The molecule has 3 aliphatic carbocycles. The van der Waals surface area contributed by atoms with E-state index in [1.54, 1.807) is 31.2 Å². The van der Waals surface area contributed by atoms with E-state index < -0.39 is 95.1 Å². The Balaban J connectivity index is 1.72. The average Bonchev–Trinajstić information content (AvgIpc) is 3.03. The highest BCUT2D eigenvalue weighted by molar-refractivity contribution is 9.19. The van der Waals surface area contributed by atoms with Crippen LogP contribution in [0.3, 0.4) is 0 Å². The molecule has 17 atom stereocenters. The van der Waals surface area contributed by atoms with E-state index in [-0.39, 0.29) is 37.3 Å². The molecule has 0 aromatic heterocycles. The fourth-order valence-corrected chi connectivity index (χ4v) is 104. The summed E-state index contributed by atoms with van der Waals surface area (Å²) in [6.07, 6.45) is -2.11. The molecule has 8 nitrogen and oxygen atoms in total. The minimum atomic E-state index is -1.38. The van der Waals surface area contributed by atoms with Crippen molar-refractivity contribution in [2.75, 3.05) is 6.61 Å². The molecule has 1 aliphatic heterocycles. The summed E-state index contributed by atoms with van der Waals surface area (Å²) in [6, 6.07) is 8.84. The lowest BCUT2D eigenvalue weighted by Gasteiger charge is -2.65. The van der Waals surface area contributed by atoms with Gasteiger partial charge in [0.05, 0.1) is 43.2 Å². The standard InChI is InChI=1S/C29H49O8P13/c1-15-18-12-21(31)28(5)22(32)13-23-29(14-34-23,36-16(2)30)25(28)24(35-26(33)17-9-7-6-8-10-17)19(27(18,3)4)11-20(15)37-45(49(44)46(38)39)50(47(40)41)48(42)43/h6-10,19-20,22-25,32H,11-14,38-44H2,1-5H3/t19?,20-,22-,23+,24+,25-,28+,29-,45?,49?/m0/s1. The summed E-state index contributed by atoms with van der Waals surface area (Å²) < 4.78 is 26.4. The zero-order valence-corrected chi connectivity index (χ0v) is 42.2. The van der Waals surface area contributed by atoms with Crippen LogP contribution in [-0.4, -0.2) is 59.5 Å². The number of fused-ring (bicyclic) bond motifs is 5. The molecule has 4 aliphatic rings. The quantitative estimate of drug-likeness (QED) is 0.140. The first kappa shape index (κ1) is 44.1. The van der Waals surface area contributed by atoms with Crippen LogP contribution in [0.5, 0.6) is 0 Å². The largest absolute Gasteiger partial charge is 0.458 e. The number of carbonyl (C=O) groups excluding carboxylic acids is 3. The molecule has 3 fully saturated rings. The number of aliphatic hydroxyl groups is 1. The lowest BCUT2D eigenvalue weighted by atomic mass is 9.46. The Kier molecular flexibility index (Phi) is 15.4. The van der Waals surface area contributed by atoms with E-state index in [1.807, 2.05) is 6.07 Å². The van der Waals surface area contributed by atoms with Crippen LogP contribution in [0.25, 0.3) is 0 Å². The number of benzene rings is 1. The van der Waals surface area contributed by atoms with E-state index in [4.69, 9.17) is 18.7 Å². The first-order valence-corrected chi connectivity index (χ1v) is 38.8. The summed E-state index contributed by atoms with van der Waals surface area (Å²) in [7, 11) is 20.6. The highest BCUT2D eigenvalue weighted by atomic mass is 33.2. The fourth-order valence-electron chi connectivity index (χ4n) is 8.32. The summed E-state index contributed by atoms with van der Waals surface area (Å²) in [5.41, 5.74) is -0.785. The SMILES string of the molecule is CC(=O)O[C@@]12CO[C@@H]1C[C@H](O)[C@@]1(C)C(=O)CC3=C(C)[C@@H](OP(P(P)P(P)P)P(P(P)P)P(P)P)CC([C@@H](OC(=O)c4ccccc4)[C@H]21)C3(C)C. The van der Waals surface area contributed by atoms with Gasteiger partial charge >= 0.3 is 11.9 Å². The third-order valence-electron chi connectivity index (χ3n) is 10.9. The number of hydrogen-bond donors (Lipinski definition) is 1. The van der Waals surface area contributed by atoms with Crippen molar-refractivity contribution < 1.29 is 38.2 Å². The third kappa shape index (κ3) is 8.31. The van der Waals surface area contributed by atoms with E-state index in [2.05, 4.69) is 83.3 Å². The van der Waals surface area contributed by atoms with Crippen LogP contribution in [0.4, 0.5) is 0 Å². The lowest BCUT2D eigenvalue weighted by Crippen LogP contribution is -2.78. The first-order valence-electron chi connectivity index (χ1n) is 16.0. The van der Waals surface area contributed by atoms with Gasteiger partial charge in [-0.05, 0) is 64.4 Å². The van der Waals surface area contributed by atoms with Gasteiger partial charge in [0.1, 0.15) is 18.0 Å². The molecule has 5 rings (SSSR count). The van der Waals surface area contributed by atoms with Crippen molar-refractivity contribution in [2.45, 2.75) is 83.9 Å². The van der Waals surface area contributed by atoms with Crippen molar-refractivity contribution in [1.82, 2.24) is 0 Å². The van der Waals surface area contributed by atoms with E-state index in [9.17, 15) is 19.5 Å². The van der Waals surface area contributed by atoms with Crippen molar-refractivity contribution in [3.05, 3.63) is 47.0 Å². The van der Waals surface area contributed by atoms with Gasteiger partial charge in [-0.1, -0.05) is 46.5 Å². The van der Waals surface area contributed by atoms with Crippen LogP contribution in [0.1, 0.15) is 64.2 Å². The van der Waals surface area contributed by atoms with E-state index in [0.29, 0.717) is 12.0 Å². The van der Waals surface area contributed by atoms with E-state index in [0.717, 1.165) is 11.1 Å². The van der Waals surface area contributed by atoms with Crippen molar-refractivity contribution >= 4 is 123 Å². The molecule has 50 heavy (non-hydrogen) atoms. The number of Topliss-reactive ketones (excluding diaryl/α,β-unsaturated/α-hetero) is 1. The zero-order valence-electron chi connectivity index (χ0n) is 28.7. The summed E-state index contributed by atoms with van der Waals surface area (Å²) in [5.74, 6) is -2.36. The monoisotopic (exact) mass is 928 g/mol. The molecule has 0 spiro atoms. The van der Waals surface area contributed by atoms with Crippen LogP contribution < -0.4 is 0 Å². The summed E-state index contributed by atoms with van der Waals surface area (Å²) in [4.78, 5) is 41.9. The van der Waals surface area contributed by atoms with Gasteiger partial charge in [0.25, 0.3) is 0 Å². The third-order valence-corrected chi connectivity index (χ3v) is 81.7. The molecule has 1 saturated heterocycles. The van der Waals surface area contributed by atoms with Crippen molar-refractivity contribution in [1.29, 1.82) is 0 Å². The molecule has 1 aromatic carbocycles. The number of ether oxygens (including phenoxy) is 3. The number of ketones is 1. The van der Waals surface area contributed by atoms with Gasteiger partial charge in [0.15, 0.2) is 5.60 Å². The smallest absolute Gasteiger partial charge is 0.338 e. The van der Waals surface area contributed by atoms with Crippen molar-refractivity contribution in [2.24, 2.45) is 22.7 Å². The highest BCUT2D eigenvalue weighted by Crippen LogP contribution is 3.17. The van der Waals surface area contributed by atoms with Gasteiger partial charge in [-0.3, -0.25) is 9.59 Å². The predicted molar refractivity (Wildman–Crippen MR) is 241 cm³/mol. The summed E-state index contributed by atoms with van der Waals surface area (Å²) in [5, 5.41) is 11.9. The molecule has 2 bridgehead atoms. The Bertz CT molecular complexity index is 1490. The Hall–Kier alpha value is 3.04. The number of rotatable bonds is 10. The van der Waals surface area contributed by atoms with Gasteiger partial charge in [0, 0.05) is 39.7 Å². The Morgan fingerprint density at radius 3 is 2.10 bits per heavy atom. The number of esters is 2. The van der Waals surface area contributed by atoms with Crippen LogP contribution >= 0.6 is 105 Å². The van der Waals surface area contributed by atoms with E-state index in [1.165, 1.54) is 6.92 Å². The number of aliphatic hydroxyl groups excluding tert-OH is 1. The number of allylic oxidation sites excluding steroid dienone is 1. The van der Waals surface area contributed by atoms with Gasteiger partial charge < -0.3 is 23.8 Å². The van der Waals surface area contributed by atoms with Gasteiger partial charge in [0.2, 0.25) is 0 Å². The molecule has 1 aromatic rings. The maximum absolute atomic E-state index is 14.9. The summed E-state index contributed by atoms with van der Waals surface area (Å²) in [6.45, 7) is 7.28. The van der Waals surface area contributed by atoms with Crippen LogP contribution in [-0.2, 0) is 28.3 Å². The Morgan fingerprint density at radius 1 is 0.960 bits per heavy atom. The molecule has 21 heteroatoms. The predicted octanol–water partition coefficient (Wildman–Crippen LogP) is 10.9. The molecule has 1 heterocycles. The molecular weight excluding hydrogens is 879 g/mol. The molecular formula is C29H49O8P13. The Morgan fingerprint density at radius 2 is 1.58 bits per heavy atom. The van der Waals surface area contributed by atoms with Gasteiger partial charge in [-0.25, -0.2) is 4.79 Å². The highest BCUT2D eigenvalue weighted by Gasteiger charge is 2.74. The molecule has 10 unspecified atom stereocenters.